The van der Waals surface area contributed by atoms with Crippen LogP contribution < -0.4 is 14.8 Å². The molecule has 25 heavy (non-hydrogen) atoms. The summed E-state index contributed by atoms with van der Waals surface area (Å²) in [5.41, 5.74) is 2.11. The Balaban J connectivity index is 1.68. The van der Waals surface area contributed by atoms with E-state index in [0.29, 0.717) is 43.7 Å². The number of fused-ring (bicyclic) bond motifs is 1. The van der Waals surface area contributed by atoms with E-state index < -0.39 is 0 Å². The Morgan fingerprint density at radius 3 is 2.88 bits per heavy atom. The second-order valence-electron chi connectivity index (χ2n) is 6.12. The Morgan fingerprint density at radius 1 is 1.32 bits per heavy atom. The minimum Gasteiger partial charge on any atom is -0.486 e. The standard InChI is InChI=1S/C18H21N3O4/c1-2-23-18(22)14-10-20-21(15(14)11-19-12-3-4-12)13-5-6-16-17(9-13)25-8-7-24-16/h5-6,9-10,12,19H,2-4,7-8,11H2,1H3. The minimum atomic E-state index is -0.348. The fourth-order valence-electron chi connectivity index (χ4n) is 2.84. The molecule has 0 radical (unpaired) electrons. The lowest BCUT2D eigenvalue weighted by molar-refractivity contribution is 0.0525. The molecule has 4 rings (SSSR count). The van der Waals surface area contributed by atoms with Gasteiger partial charge in [0.15, 0.2) is 11.5 Å². The van der Waals surface area contributed by atoms with Crippen LogP contribution in [0.25, 0.3) is 5.69 Å². The number of rotatable bonds is 6. The van der Waals surface area contributed by atoms with Crippen molar-refractivity contribution in [3.63, 3.8) is 0 Å². The molecule has 132 valence electrons. The van der Waals surface area contributed by atoms with Crippen molar-refractivity contribution < 1.29 is 19.0 Å². The Kier molecular flexibility index (Phi) is 4.31. The van der Waals surface area contributed by atoms with E-state index in [-0.39, 0.29) is 5.97 Å². The van der Waals surface area contributed by atoms with Crippen LogP contribution >= 0.6 is 0 Å². The molecule has 2 aliphatic rings. The van der Waals surface area contributed by atoms with Crippen molar-refractivity contribution in [2.75, 3.05) is 19.8 Å². The normalized spacial score (nSPS) is 15.9. The second kappa shape index (κ2) is 6.76. The Labute approximate surface area is 145 Å². The highest BCUT2D eigenvalue weighted by Crippen LogP contribution is 2.32. The van der Waals surface area contributed by atoms with Gasteiger partial charge >= 0.3 is 5.97 Å². The van der Waals surface area contributed by atoms with E-state index >= 15 is 0 Å². The molecule has 0 saturated heterocycles. The number of carbonyl (C=O) groups excluding carboxylic acids is 1. The number of nitrogens with zero attached hydrogens (tertiary/aromatic N) is 2. The van der Waals surface area contributed by atoms with Gasteiger partial charge in [-0.2, -0.15) is 5.10 Å². The minimum absolute atomic E-state index is 0.337. The van der Waals surface area contributed by atoms with Gasteiger partial charge in [0.1, 0.15) is 18.8 Å². The van der Waals surface area contributed by atoms with Gasteiger partial charge in [0.25, 0.3) is 0 Å². The predicted octanol–water partition coefficient (Wildman–Crippen LogP) is 2.07. The molecule has 7 nitrogen and oxygen atoms in total. The summed E-state index contributed by atoms with van der Waals surface area (Å²) in [6.07, 6.45) is 3.92. The van der Waals surface area contributed by atoms with Crippen molar-refractivity contribution in [2.24, 2.45) is 0 Å². The van der Waals surface area contributed by atoms with E-state index in [1.165, 1.54) is 12.8 Å². The van der Waals surface area contributed by atoms with Gasteiger partial charge in [-0.3, -0.25) is 0 Å². The molecule has 1 aromatic heterocycles. The maximum Gasteiger partial charge on any atom is 0.341 e. The topological polar surface area (TPSA) is 74.6 Å². The Morgan fingerprint density at radius 2 is 2.12 bits per heavy atom. The lowest BCUT2D eigenvalue weighted by Gasteiger charge is -2.19. The molecule has 2 aromatic rings. The number of nitrogens with one attached hydrogen (secondary N) is 1. The number of hydrogen-bond donors (Lipinski definition) is 1. The van der Waals surface area contributed by atoms with Crippen molar-refractivity contribution in [1.82, 2.24) is 15.1 Å². The lowest BCUT2D eigenvalue weighted by Crippen LogP contribution is -2.21. The van der Waals surface area contributed by atoms with Gasteiger partial charge < -0.3 is 19.5 Å². The smallest absolute Gasteiger partial charge is 0.341 e. The number of benzene rings is 1. The van der Waals surface area contributed by atoms with Gasteiger partial charge in [-0.1, -0.05) is 0 Å². The van der Waals surface area contributed by atoms with Crippen LogP contribution in [0.1, 0.15) is 35.8 Å². The number of ether oxygens (including phenoxy) is 3. The summed E-state index contributed by atoms with van der Waals surface area (Å²) in [7, 11) is 0. The molecule has 7 heteroatoms. The number of esters is 1. The maximum absolute atomic E-state index is 12.3. The molecule has 0 amide bonds. The third-order valence-corrected chi connectivity index (χ3v) is 4.27. The summed E-state index contributed by atoms with van der Waals surface area (Å²) >= 11 is 0. The van der Waals surface area contributed by atoms with Gasteiger partial charge in [-0.05, 0) is 31.9 Å². The monoisotopic (exact) mass is 343 g/mol. The average molecular weight is 343 g/mol. The first-order valence-electron chi connectivity index (χ1n) is 8.63. The van der Waals surface area contributed by atoms with Crippen LogP contribution in [-0.2, 0) is 11.3 Å². The van der Waals surface area contributed by atoms with Gasteiger partial charge in [0.2, 0.25) is 0 Å². The highest BCUT2D eigenvalue weighted by Gasteiger charge is 2.25. The summed E-state index contributed by atoms with van der Waals surface area (Å²) < 4.78 is 18.1. The molecule has 1 fully saturated rings. The number of hydrogen-bond acceptors (Lipinski definition) is 6. The van der Waals surface area contributed by atoms with Crippen LogP contribution in [0, 0.1) is 0 Å². The van der Waals surface area contributed by atoms with E-state index in [9.17, 15) is 4.79 Å². The molecule has 1 aromatic carbocycles. The quantitative estimate of drug-likeness (QED) is 0.810. The predicted molar refractivity (Wildman–Crippen MR) is 90.4 cm³/mol. The van der Waals surface area contributed by atoms with Crippen LogP contribution in [0.15, 0.2) is 24.4 Å². The van der Waals surface area contributed by atoms with Crippen LogP contribution in [-0.4, -0.2) is 41.6 Å². The van der Waals surface area contributed by atoms with Crippen molar-refractivity contribution in [3.8, 4) is 17.2 Å². The molecule has 1 N–H and O–H groups in total. The van der Waals surface area contributed by atoms with Gasteiger partial charge in [-0.25, -0.2) is 9.48 Å². The highest BCUT2D eigenvalue weighted by molar-refractivity contribution is 5.90. The zero-order chi connectivity index (χ0) is 17.2. The van der Waals surface area contributed by atoms with Gasteiger partial charge in [-0.15, -0.1) is 0 Å². The summed E-state index contributed by atoms with van der Waals surface area (Å²) in [5, 5.41) is 7.86. The van der Waals surface area contributed by atoms with Crippen LogP contribution in [0.5, 0.6) is 11.5 Å². The zero-order valence-electron chi connectivity index (χ0n) is 14.2. The molecular formula is C18H21N3O4. The van der Waals surface area contributed by atoms with Crippen LogP contribution in [0.3, 0.4) is 0 Å². The molecule has 0 spiro atoms. The van der Waals surface area contributed by atoms with E-state index in [2.05, 4.69) is 10.4 Å². The van der Waals surface area contributed by atoms with Crippen molar-refractivity contribution in [2.45, 2.75) is 32.4 Å². The molecule has 0 unspecified atom stereocenters. The zero-order valence-corrected chi connectivity index (χ0v) is 14.2. The van der Waals surface area contributed by atoms with E-state index in [4.69, 9.17) is 14.2 Å². The lowest BCUT2D eigenvalue weighted by atomic mass is 10.2. The first kappa shape index (κ1) is 16.0. The Bertz CT molecular complexity index is 783. The van der Waals surface area contributed by atoms with E-state index in [1.807, 2.05) is 18.2 Å². The van der Waals surface area contributed by atoms with Gasteiger partial charge in [0, 0.05) is 18.7 Å². The van der Waals surface area contributed by atoms with Gasteiger partial charge in [0.05, 0.1) is 24.2 Å². The molecule has 0 bridgehead atoms. The summed E-state index contributed by atoms with van der Waals surface area (Å²) in [6.45, 7) is 3.78. The van der Waals surface area contributed by atoms with Crippen molar-refractivity contribution in [3.05, 3.63) is 35.7 Å². The number of carbonyl (C=O) groups is 1. The molecular weight excluding hydrogens is 322 g/mol. The first-order valence-corrected chi connectivity index (χ1v) is 8.63. The Hall–Kier alpha value is -2.54. The first-order chi connectivity index (χ1) is 12.3. The second-order valence-corrected chi connectivity index (χ2v) is 6.12. The third kappa shape index (κ3) is 3.32. The van der Waals surface area contributed by atoms with Crippen molar-refractivity contribution in [1.29, 1.82) is 0 Å². The van der Waals surface area contributed by atoms with Crippen LogP contribution in [0.2, 0.25) is 0 Å². The van der Waals surface area contributed by atoms with Crippen LogP contribution in [0.4, 0.5) is 0 Å². The van der Waals surface area contributed by atoms with E-state index in [0.717, 1.165) is 17.1 Å². The molecule has 2 heterocycles. The number of aromatic nitrogens is 2. The summed E-state index contributed by atoms with van der Waals surface area (Å²) in [4.78, 5) is 12.3. The fourth-order valence-corrected chi connectivity index (χ4v) is 2.84. The maximum atomic E-state index is 12.3. The van der Waals surface area contributed by atoms with Crippen molar-refractivity contribution >= 4 is 5.97 Å². The van der Waals surface area contributed by atoms with E-state index in [1.54, 1.807) is 17.8 Å². The highest BCUT2D eigenvalue weighted by atomic mass is 16.6. The largest absolute Gasteiger partial charge is 0.486 e. The average Bonchev–Trinajstić information content (AvgIpc) is 3.37. The summed E-state index contributed by atoms with van der Waals surface area (Å²) in [6, 6.07) is 6.19. The molecule has 1 aliphatic heterocycles. The fraction of sp³-hybridized carbons (Fsp3) is 0.444. The SMILES string of the molecule is CCOC(=O)c1cnn(-c2ccc3c(c2)OCCO3)c1CNC1CC1. The third-order valence-electron chi connectivity index (χ3n) is 4.27. The molecule has 0 atom stereocenters. The molecule has 1 aliphatic carbocycles. The molecule has 1 saturated carbocycles. The summed E-state index contributed by atoms with van der Waals surface area (Å²) in [5.74, 6) is 1.07.